The molecule has 92 valence electrons. The van der Waals surface area contributed by atoms with Gasteiger partial charge in [-0.2, -0.15) is 0 Å². The number of nitrogens with one attached hydrogen (secondary N) is 1. The first-order valence-corrected chi connectivity index (χ1v) is 7.07. The minimum atomic E-state index is 0.538. The van der Waals surface area contributed by atoms with E-state index in [0.717, 1.165) is 24.1 Å². The van der Waals surface area contributed by atoms with E-state index in [1.165, 1.54) is 11.3 Å². The van der Waals surface area contributed by atoms with E-state index in [-0.39, 0.29) is 0 Å². The number of aromatic nitrogens is 1. The van der Waals surface area contributed by atoms with Gasteiger partial charge in [0.1, 0.15) is 0 Å². The van der Waals surface area contributed by atoms with E-state index in [2.05, 4.69) is 29.1 Å². The highest BCUT2D eigenvalue weighted by Crippen LogP contribution is 2.19. The summed E-state index contributed by atoms with van der Waals surface area (Å²) >= 11 is 1.84. The zero-order valence-corrected chi connectivity index (χ0v) is 11.2. The lowest BCUT2D eigenvalue weighted by molar-refractivity contribution is 0.490. The van der Waals surface area contributed by atoms with Crippen molar-refractivity contribution in [1.82, 2.24) is 10.3 Å². The summed E-state index contributed by atoms with van der Waals surface area (Å²) in [4.78, 5) is 8.62. The van der Waals surface area contributed by atoms with E-state index >= 15 is 0 Å². The molecular weight excluding hydrogens is 230 g/mol. The van der Waals surface area contributed by atoms with Gasteiger partial charge in [0.05, 0.1) is 0 Å². The largest absolute Gasteiger partial charge is 0.362 e. The van der Waals surface area contributed by atoms with E-state index in [0.29, 0.717) is 6.04 Å². The lowest BCUT2D eigenvalue weighted by Gasteiger charge is -2.28. The zero-order chi connectivity index (χ0) is 12.1. The van der Waals surface area contributed by atoms with Crippen molar-refractivity contribution in [3.63, 3.8) is 0 Å². The number of aliphatic imine (C=N–C) groups is 1. The molecule has 1 saturated heterocycles. The number of thioether (sulfide) groups is 1. The van der Waals surface area contributed by atoms with Gasteiger partial charge < -0.3 is 5.32 Å². The summed E-state index contributed by atoms with van der Waals surface area (Å²) in [6.07, 6.45) is 4.65. The Labute approximate surface area is 107 Å². The van der Waals surface area contributed by atoms with Gasteiger partial charge in [0.2, 0.25) is 0 Å². The van der Waals surface area contributed by atoms with E-state index in [9.17, 15) is 0 Å². The Kier molecular flexibility index (Phi) is 4.42. The molecule has 2 atom stereocenters. The lowest BCUT2D eigenvalue weighted by atomic mass is 10.1. The number of hydrogen-bond acceptors (Lipinski definition) is 3. The Morgan fingerprint density at radius 1 is 1.41 bits per heavy atom. The van der Waals surface area contributed by atoms with Crippen molar-refractivity contribution in [3.8, 4) is 0 Å². The van der Waals surface area contributed by atoms with E-state index in [1.54, 1.807) is 0 Å². The first-order valence-electron chi connectivity index (χ1n) is 6.08. The van der Waals surface area contributed by atoms with Gasteiger partial charge in [0.15, 0.2) is 5.17 Å². The smallest absolute Gasteiger partial charge is 0.156 e. The second-order valence-electron chi connectivity index (χ2n) is 4.51. The van der Waals surface area contributed by atoms with Crippen LogP contribution in [0.1, 0.15) is 19.4 Å². The van der Waals surface area contributed by atoms with Crippen molar-refractivity contribution >= 4 is 16.9 Å². The average molecular weight is 249 g/mol. The molecule has 0 bridgehead atoms. The minimum absolute atomic E-state index is 0.538. The number of amidine groups is 1. The zero-order valence-electron chi connectivity index (χ0n) is 10.4. The molecule has 0 aliphatic carbocycles. The Morgan fingerprint density at radius 3 is 2.88 bits per heavy atom. The molecule has 1 aromatic heterocycles. The molecule has 3 nitrogen and oxygen atoms in total. The van der Waals surface area contributed by atoms with Crippen LogP contribution in [0.2, 0.25) is 0 Å². The fourth-order valence-electron chi connectivity index (χ4n) is 1.66. The van der Waals surface area contributed by atoms with Gasteiger partial charge in [-0.3, -0.25) is 9.98 Å². The van der Waals surface area contributed by atoms with Gasteiger partial charge in [-0.25, -0.2) is 0 Å². The third kappa shape index (κ3) is 3.73. The summed E-state index contributed by atoms with van der Waals surface area (Å²) in [5.41, 5.74) is 1.30. The van der Waals surface area contributed by atoms with E-state index in [1.807, 2.05) is 36.3 Å². The highest BCUT2D eigenvalue weighted by atomic mass is 32.2. The van der Waals surface area contributed by atoms with Crippen molar-refractivity contribution in [2.24, 2.45) is 10.9 Å². The highest BCUT2D eigenvalue weighted by molar-refractivity contribution is 8.13. The number of pyridine rings is 1. The van der Waals surface area contributed by atoms with Crippen molar-refractivity contribution < 1.29 is 0 Å². The summed E-state index contributed by atoms with van der Waals surface area (Å²) in [5.74, 6) is 1.89. The van der Waals surface area contributed by atoms with Gasteiger partial charge in [0.25, 0.3) is 0 Å². The fraction of sp³-hybridized carbons (Fsp3) is 0.538. The van der Waals surface area contributed by atoms with Gasteiger partial charge >= 0.3 is 0 Å². The molecular formula is C13H19N3S. The fourth-order valence-corrected chi connectivity index (χ4v) is 2.82. The van der Waals surface area contributed by atoms with Crippen molar-refractivity contribution in [2.45, 2.75) is 26.3 Å². The normalized spacial score (nSPS) is 26.8. The lowest BCUT2D eigenvalue weighted by Crippen LogP contribution is -2.41. The molecule has 0 radical (unpaired) electrons. The summed E-state index contributed by atoms with van der Waals surface area (Å²) in [5, 5.41) is 4.55. The van der Waals surface area contributed by atoms with Crippen LogP contribution >= 0.6 is 11.8 Å². The van der Waals surface area contributed by atoms with E-state index in [4.69, 9.17) is 0 Å². The molecule has 0 aromatic carbocycles. The van der Waals surface area contributed by atoms with Crippen LogP contribution in [0.15, 0.2) is 29.5 Å². The Morgan fingerprint density at radius 2 is 2.18 bits per heavy atom. The Balaban J connectivity index is 1.81. The molecule has 1 N–H and O–H groups in total. The van der Waals surface area contributed by atoms with Crippen LogP contribution < -0.4 is 5.32 Å². The molecule has 0 spiro atoms. The summed E-state index contributed by atoms with van der Waals surface area (Å²) in [7, 11) is 0. The topological polar surface area (TPSA) is 37.3 Å². The monoisotopic (exact) mass is 249 g/mol. The maximum absolute atomic E-state index is 4.61. The maximum atomic E-state index is 4.61. The summed E-state index contributed by atoms with van der Waals surface area (Å²) in [6.45, 7) is 5.35. The summed E-state index contributed by atoms with van der Waals surface area (Å²) < 4.78 is 0. The molecule has 1 fully saturated rings. The third-order valence-corrected chi connectivity index (χ3v) is 4.31. The van der Waals surface area contributed by atoms with Crippen LogP contribution in [-0.2, 0) is 6.42 Å². The van der Waals surface area contributed by atoms with Crippen LogP contribution in [0.4, 0.5) is 0 Å². The molecule has 1 aliphatic rings. The Bertz CT molecular complexity index is 378. The standard InChI is InChI=1S/C13H19N3S/c1-10-9-17-13(16-11(10)2)15-8-5-12-3-6-14-7-4-12/h3-4,6-7,10-11H,5,8-9H2,1-2H3,(H,15,16). The molecule has 2 heterocycles. The molecule has 0 saturated carbocycles. The molecule has 0 amide bonds. The predicted octanol–water partition coefficient (Wildman–Crippen LogP) is 2.34. The minimum Gasteiger partial charge on any atom is -0.362 e. The average Bonchev–Trinajstić information content (AvgIpc) is 2.35. The van der Waals surface area contributed by atoms with Crippen LogP contribution in [-0.4, -0.2) is 28.5 Å². The quantitative estimate of drug-likeness (QED) is 0.893. The molecule has 2 unspecified atom stereocenters. The van der Waals surface area contributed by atoms with Gasteiger partial charge in [-0.15, -0.1) is 0 Å². The maximum Gasteiger partial charge on any atom is 0.156 e. The number of hydrogen-bond donors (Lipinski definition) is 1. The van der Waals surface area contributed by atoms with Crippen LogP contribution in [0.5, 0.6) is 0 Å². The molecule has 4 heteroatoms. The first-order chi connectivity index (χ1) is 8.25. The Hall–Kier alpha value is -1.03. The van der Waals surface area contributed by atoms with Crippen LogP contribution in [0, 0.1) is 5.92 Å². The predicted molar refractivity (Wildman–Crippen MR) is 74.5 cm³/mol. The van der Waals surface area contributed by atoms with Crippen LogP contribution in [0.3, 0.4) is 0 Å². The van der Waals surface area contributed by atoms with Gasteiger partial charge in [-0.05, 0) is 37.0 Å². The first kappa shape index (κ1) is 12.4. The van der Waals surface area contributed by atoms with Crippen molar-refractivity contribution in [1.29, 1.82) is 0 Å². The molecule has 1 aliphatic heterocycles. The van der Waals surface area contributed by atoms with Gasteiger partial charge in [-0.1, -0.05) is 18.7 Å². The second-order valence-corrected chi connectivity index (χ2v) is 5.52. The molecule has 2 rings (SSSR count). The molecule has 1 aromatic rings. The number of rotatable bonds is 3. The van der Waals surface area contributed by atoms with Crippen LogP contribution in [0.25, 0.3) is 0 Å². The van der Waals surface area contributed by atoms with Gasteiger partial charge in [0, 0.05) is 30.7 Å². The summed E-state index contributed by atoms with van der Waals surface area (Å²) in [6, 6.07) is 4.63. The third-order valence-electron chi connectivity index (χ3n) is 3.09. The molecule has 17 heavy (non-hydrogen) atoms. The number of nitrogens with zero attached hydrogens (tertiary/aromatic N) is 2. The van der Waals surface area contributed by atoms with Crippen molar-refractivity contribution in [3.05, 3.63) is 30.1 Å². The SMILES string of the molecule is CC1CSC(=NCCc2ccncc2)NC1C. The second kappa shape index (κ2) is 6.05. The highest BCUT2D eigenvalue weighted by Gasteiger charge is 2.20. The van der Waals surface area contributed by atoms with E-state index < -0.39 is 0 Å². The van der Waals surface area contributed by atoms with Crippen molar-refractivity contribution in [2.75, 3.05) is 12.3 Å².